The Hall–Kier alpha value is -1.09. The maximum absolute atomic E-state index is 4.20. The molecule has 0 saturated carbocycles. The summed E-state index contributed by atoms with van der Waals surface area (Å²) in [5.74, 6) is 0.821. The Bertz CT molecular complexity index is 370. The van der Waals surface area contributed by atoms with Crippen LogP contribution in [0.5, 0.6) is 0 Å². The molecule has 1 aromatic heterocycles. The summed E-state index contributed by atoms with van der Waals surface area (Å²) in [6, 6.07) is 2.69. The zero-order valence-corrected chi connectivity index (χ0v) is 11.8. The molecule has 0 bridgehead atoms. The smallest absolute Gasteiger partial charge is 0.0429 e. The summed E-state index contributed by atoms with van der Waals surface area (Å²) >= 11 is 0. The number of pyridine rings is 1. The molecule has 1 aliphatic rings. The van der Waals surface area contributed by atoms with Crippen LogP contribution in [-0.4, -0.2) is 30.7 Å². The first-order chi connectivity index (χ1) is 8.68. The van der Waals surface area contributed by atoms with Crippen molar-refractivity contribution in [3.05, 3.63) is 24.0 Å². The minimum Gasteiger partial charge on any atom is -0.369 e. The lowest BCUT2D eigenvalue weighted by atomic mass is 9.96. The van der Waals surface area contributed by atoms with Crippen molar-refractivity contribution in [2.45, 2.75) is 39.7 Å². The number of nitrogens with zero attached hydrogens (tertiary/aromatic N) is 2. The normalized spacial score (nSPS) is 17.1. The molecule has 100 valence electrons. The summed E-state index contributed by atoms with van der Waals surface area (Å²) in [6.07, 6.45) is 6.47. The number of piperidine rings is 1. The molecular weight excluding hydrogens is 222 g/mol. The van der Waals surface area contributed by atoms with Gasteiger partial charge in [0, 0.05) is 30.7 Å². The third-order valence-electron chi connectivity index (χ3n) is 3.84. The Morgan fingerprint density at radius 2 is 2.11 bits per heavy atom. The molecular formula is C15H25N3. The lowest BCUT2D eigenvalue weighted by Gasteiger charge is -2.35. The van der Waals surface area contributed by atoms with Crippen molar-refractivity contribution >= 4 is 5.69 Å². The van der Waals surface area contributed by atoms with Crippen LogP contribution < -0.4 is 10.2 Å². The maximum Gasteiger partial charge on any atom is 0.0429 e. The summed E-state index contributed by atoms with van der Waals surface area (Å²) in [5.41, 5.74) is 2.62. The molecule has 2 rings (SSSR count). The second-order valence-corrected chi connectivity index (χ2v) is 5.60. The highest BCUT2D eigenvalue weighted by atomic mass is 15.2. The molecule has 0 aromatic carbocycles. The molecule has 2 heterocycles. The van der Waals surface area contributed by atoms with Crippen LogP contribution in [0.25, 0.3) is 0 Å². The van der Waals surface area contributed by atoms with Gasteiger partial charge in [0.05, 0.1) is 0 Å². The number of aryl methyl sites for hydroxylation is 1. The molecule has 3 nitrogen and oxygen atoms in total. The lowest BCUT2D eigenvalue weighted by molar-refractivity contribution is 0.367. The number of hydrogen-bond donors (Lipinski definition) is 1. The molecule has 3 heteroatoms. The number of hydrogen-bond acceptors (Lipinski definition) is 3. The first-order valence-electron chi connectivity index (χ1n) is 7.06. The van der Waals surface area contributed by atoms with Crippen LogP contribution >= 0.6 is 0 Å². The van der Waals surface area contributed by atoms with Gasteiger partial charge in [0.1, 0.15) is 0 Å². The van der Waals surface area contributed by atoms with Gasteiger partial charge in [-0.3, -0.25) is 4.98 Å². The van der Waals surface area contributed by atoms with Crippen molar-refractivity contribution in [3.8, 4) is 0 Å². The Morgan fingerprint density at radius 1 is 1.39 bits per heavy atom. The first kappa shape index (κ1) is 13.3. The van der Waals surface area contributed by atoms with Gasteiger partial charge in [-0.15, -0.1) is 0 Å². The van der Waals surface area contributed by atoms with Gasteiger partial charge < -0.3 is 10.2 Å². The van der Waals surface area contributed by atoms with E-state index in [1.807, 2.05) is 12.4 Å². The molecule has 1 fully saturated rings. The van der Waals surface area contributed by atoms with Crippen molar-refractivity contribution in [2.75, 3.05) is 24.5 Å². The summed E-state index contributed by atoms with van der Waals surface area (Å²) in [7, 11) is 0. The molecule has 0 unspecified atom stereocenters. The fourth-order valence-corrected chi connectivity index (χ4v) is 2.72. The van der Waals surface area contributed by atoms with Crippen molar-refractivity contribution in [1.82, 2.24) is 10.3 Å². The average Bonchev–Trinajstić information content (AvgIpc) is 2.38. The standard InChI is InChI=1S/C15H25N3/c1-12(2)18(11-14-4-7-16-8-5-14)15-6-9-17-10-13(15)3/h6,9-10,12,14,16H,4-5,7-8,11H2,1-3H3. The van der Waals surface area contributed by atoms with Gasteiger partial charge in [-0.2, -0.15) is 0 Å². The van der Waals surface area contributed by atoms with Gasteiger partial charge in [0.2, 0.25) is 0 Å². The van der Waals surface area contributed by atoms with Crippen LogP contribution in [-0.2, 0) is 0 Å². The van der Waals surface area contributed by atoms with Gasteiger partial charge in [0.15, 0.2) is 0 Å². The van der Waals surface area contributed by atoms with Gasteiger partial charge in [-0.05, 0) is 64.3 Å². The van der Waals surface area contributed by atoms with E-state index in [0.717, 1.165) is 5.92 Å². The van der Waals surface area contributed by atoms with E-state index in [0.29, 0.717) is 6.04 Å². The van der Waals surface area contributed by atoms with E-state index < -0.39 is 0 Å². The molecule has 18 heavy (non-hydrogen) atoms. The molecule has 0 spiro atoms. The van der Waals surface area contributed by atoms with Crippen LogP contribution in [0.3, 0.4) is 0 Å². The molecule has 0 atom stereocenters. The van der Waals surface area contributed by atoms with Crippen molar-refractivity contribution < 1.29 is 0 Å². The highest BCUT2D eigenvalue weighted by molar-refractivity contribution is 5.52. The second kappa shape index (κ2) is 6.19. The van der Waals surface area contributed by atoms with Gasteiger partial charge in [-0.25, -0.2) is 0 Å². The van der Waals surface area contributed by atoms with E-state index in [4.69, 9.17) is 0 Å². The summed E-state index contributed by atoms with van der Waals surface area (Å²) in [4.78, 5) is 6.73. The molecule has 0 radical (unpaired) electrons. The number of aromatic nitrogens is 1. The van der Waals surface area contributed by atoms with Crippen LogP contribution in [0.4, 0.5) is 5.69 Å². The fraction of sp³-hybridized carbons (Fsp3) is 0.667. The molecule has 1 aliphatic heterocycles. The Balaban J connectivity index is 2.10. The quantitative estimate of drug-likeness (QED) is 0.886. The topological polar surface area (TPSA) is 28.2 Å². The van der Waals surface area contributed by atoms with E-state index in [2.05, 4.69) is 42.0 Å². The largest absolute Gasteiger partial charge is 0.369 e. The van der Waals surface area contributed by atoms with Crippen LogP contribution in [0, 0.1) is 12.8 Å². The number of nitrogens with one attached hydrogen (secondary N) is 1. The van der Waals surface area contributed by atoms with E-state index in [1.165, 1.54) is 43.7 Å². The number of rotatable bonds is 4. The zero-order chi connectivity index (χ0) is 13.0. The lowest BCUT2D eigenvalue weighted by Crippen LogP contribution is -2.39. The van der Waals surface area contributed by atoms with Gasteiger partial charge >= 0.3 is 0 Å². The average molecular weight is 247 g/mol. The van der Waals surface area contributed by atoms with Crippen LogP contribution in [0.15, 0.2) is 18.5 Å². The molecule has 1 saturated heterocycles. The van der Waals surface area contributed by atoms with Crippen LogP contribution in [0.1, 0.15) is 32.3 Å². The van der Waals surface area contributed by atoms with Crippen molar-refractivity contribution in [2.24, 2.45) is 5.92 Å². The molecule has 0 amide bonds. The van der Waals surface area contributed by atoms with E-state index in [9.17, 15) is 0 Å². The first-order valence-corrected chi connectivity index (χ1v) is 7.06. The van der Waals surface area contributed by atoms with Crippen molar-refractivity contribution in [1.29, 1.82) is 0 Å². The SMILES string of the molecule is Cc1cnccc1N(CC1CCNCC1)C(C)C. The monoisotopic (exact) mass is 247 g/mol. The summed E-state index contributed by atoms with van der Waals surface area (Å²) < 4.78 is 0. The molecule has 1 N–H and O–H groups in total. The fourth-order valence-electron chi connectivity index (χ4n) is 2.72. The van der Waals surface area contributed by atoms with E-state index >= 15 is 0 Å². The minimum absolute atomic E-state index is 0.543. The third kappa shape index (κ3) is 3.22. The predicted molar refractivity (Wildman–Crippen MR) is 77.0 cm³/mol. The molecule has 1 aromatic rings. The Kier molecular flexibility index (Phi) is 4.59. The van der Waals surface area contributed by atoms with Gasteiger partial charge in [0.25, 0.3) is 0 Å². The van der Waals surface area contributed by atoms with Crippen LogP contribution in [0.2, 0.25) is 0 Å². The zero-order valence-electron chi connectivity index (χ0n) is 11.8. The Morgan fingerprint density at radius 3 is 2.72 bits per heavy atom. The van der Waals surface area contributed by atoms with E-state index in [1.54, 1.807) is 0 Å². The second-order valence-electron chi connectivity index (χ2n) is 5.60. The van der Waals surface area contributed by atoms with E-state index in [-0.39, 0.29) is 0 Å². The number of anilines is 1. The minimum atomic E-state index is 0.543. The maximum atomic E-state index is 4.20. The highest BCUT2D eigenvalue weighted by Gasteiger charge is 2.20. The third-order valence-corrected chi connectivity index (χ3v) is 3.84. The van der Waals surface area contributed by atoms with Gasteiger partial charge in [-0.1, -0.05) is 0 Å². The summed E-state index contributed by atoms with van der Waals surface area (Å²) in [6.45, 7) is 10.2. The molecule has 0 aliphatic carbocycles. The highest BCUT2D eigenvalue weighted by Crippen LogP contribution is 2.24. The van der Waals surface area contributed by atoms with Crippen molar-refractivity contribution in [3.63, 3.8) is 0 Å². The summed E-state index contributed by atoms with van der Waals surface area (Å²) in [5, 5.41) is 3.44. The predicted octanol–water partition coefficient (Wildman–Crippen LogP) is 2.60. The Labute approximate surface area is 111 Å².